The van der Waals surface area contributed by atoms with Gasteiger partial charge in [-0.3, -0.25) is 4.79 Å². The lowest BCUT2D eigenvalue weighted by Gasteiger charge is -2.55. The number of para-hydroxylation sites is 1. The van der Waals surface area contributed by atoms with E-state index in [1.165, 1.54) is 0 Å². The van der Waals surface area contributed by atoms with Gasteiger partial charge in [0.15, 0.2) is 33.8 Å². The molecule has 2 bridgehead atoms. The molecular weight excluding hydrogens is 456 g/mol. The number of ether oxygens (including phenoxy) is 5. The summed E-state index contributed by atoms with van der Waals surface area (Å²) in [6.45, 7) is 4.46. The summed E-state index contributed by atoms with van der Waals surface area (Å²) in [5, 5.41) is 3.89. The highest BCUT2D eigenvalue weighted by atomic mass is 32.1. The number of carbonyl (C=O) groups is 1. The van der Waals surface area contributed by atoms with Crippen LogP contribution in [0.25, 0.3) is 0 Å². The number of hydrogen-bond donors (Lipinski definition) is 1. The zero-order valence-corrected chi connectivity index (χ0v) is 20.9. The van der Waals surface area contributed by atoms with Crippen LogP contribution in [0.15, 0.2) is 36.4 Å². The van der Waals surface area contributed by atoms with E-state index in [2.05, 4.69) is 5.32 Å². The molecule has 0 aliphatic carbocycles. The third-order valence-electron chi connectivity index (χ3n) is 6.46. The Bertz CT molecular complexity index is 1090. The molecule has 182 valence electrons. The fourth-order valence-electron chi connectivity index (χ4n) is 4.79. The highest BCUT2D eigenvalue weighted by molar-refractivity contribution is 7.80. The fourth-order valence-corrected chi connectivity index (χ4v) is 5.19. The first-order valence-corrected chi connectivity index (χ1v) is 11.6. The maximum absolute atomic E-state index is 13.2. The first kappa shape index (κ1) is 23.9. The molecular formula is C25H30N2O6S. The van der Waals surface area contributed by atoms with Crippen molar-refractivity contribution in [2.75, 3.05) is 34.5 Å². The van der Waals surface area contributed by atoms with Crippen molar-refractivity contribution >= 4 is 23.3 Å². The molecule has 3 atom stereocenters. The molecule has 0 saturated carbocycles. The lowest BCUT2D eigenvalue weighted by molar-refractivity contribution is -0.175. The highest BCUT2D eigenvalue weighted by Gasteiger charge is 2.59. The van der Waals surface area contributed by atoms with Gasteiger partial charge in [0, 0.05) is 12.1 Å². The van der Waals surface area contributed by atoms with Crippen molar-refractivity contribution in [2.24, 2.45) is 5.92 Å². The quantitative estimate of drug-likeness (QED) is 0.446. The summed E-state index contributed by atoms with van der Waals surface area (Å²) in [6.07, 6.45) is 0.639. The summed E-state index contributed by atoms with van der Waals surface area (Å²) in [5.74, 6) is 1.55. The van der Waals surface area contributed by atoms with Gasteiger partial charge in [-0.1, -0.05) is 18.2 Å². The van der Waals surface area contributed by atoms with Crippen LogP contribution in [0.2, 0.25) is 0 Å². The summed E-state index contributed by atoms with van der Waals surface area (Å²) in [4.78, 5) is 15.1. The van der Waals surface area contributed by atoms with Crippen LogP contribution in [0.3, 0.4) is 0 Å². The Morgan fingerprint density at radius 1 is 1.12 bits per heavy atom. The van der Waals surface area contributed by atoms with Gasteiger partial charge < -0.3 is 33.9 Å². The molecule has 0 unspecified atom stereocenters. The second kappa shape index (κ2) is 9.58. The van der Waals surface area contributed by atoms with Gasteiger partial charge in [0.1, 0.15) is 5.92 Å². The van der Waals surface area contributed by atoms with Crippen LogP contribution in [0.1, 0.15) is 31.0 Å². The number of nitrogens with zero attached hydrogens (tertiary/aromatic N) is 1. The average molecular weight is 487 g/mol. The Morgan fingerprint density at radius 2 is 1.85 bits per heavy atom. The SMILES string of the molecule is CCOC(=O)[C@@H]1[C@H]2NC(=S)N(CCc3ccc(OC)c(OC)c3)[C@@]1(C)Oc1c(OC)cccc12. The molecule has 4 rings (SSSR count). The normalized spacial score (nSPS) is 22.7. The van der Waals surface area contributed by atoms with Gasteiger partial charge in [-0.2, -0.15) is 0 Å². The largest absolute Gasteiger partial charge is 0.493 e. The maximum atomic E-state index is 13.2. The van der Waals surface area contributed by atoms with E-state index in [0.29, 0.717) is 41.1 Å². The van der Waals surface area contributed by atoms with E-state index >= 15 is 0 Å². The summed E-state index contributed by atoms with van der Waals surface area (Å²) < 4.78 is 28.4. The number of fused-ring (bicyclic) bond motifs is 4. The minimum Gasteiger partial charge on any atom is -0.493 e. The summed E-state index contributed by atoms with van der Waals surface area (Å²) in [5.41, 5.74) is 0.779. The molecule has 0 amide bonds. The molecule has 34 heavy (non-hydrogen) atoms. The molecule has 1 saturated heterocycles. The average Bonchev–Trinajstić information content (AvgIpc) is 2.83. The summed E-state index contributed by atoms with van der Waals surface area (Å²) in [6, 6.07) is 11.0. The van der Waals surface area contributed by atoms with Crippen LogP contribution in [0, 0.1) is 5.92 Å². The number of nitrogens with one attached hydrogen (secondary N) is 1. The first-order valence-electron chi connectivity index (χ1n) is 11.2. The van der Waals surface area contributed by atoms with Crippen molar-refractivity contribution in [3.05, 3.63) is 47.5 Å². The van der Waals surface area contributed by atoms with Crippen LogP contribution in [0.5, 0.6) is 23.0 Å². The molecule has 2 aliphatic heterocycles. The molecule has 1 fully saturated rings. The number of methoxy groups -OCH3 is 3. The molecule has 0 aromatic heterocycles. The predicted molar refractivity (Wildman–Crippen MR) is 131 cm³/mol. The second-order valence-corrected chi connectivity index (χ2v) is 8.67. The van der Waals surface area contributed by atoms with Crippen LogP contribution >= 0.6 is 12.2 Å². The van der Waals surface area contributed by atoms with Crippen LogP contribution < -0.4 is 24.3 Å². The highest BCUT2D eigenvalue weighted by Crippen LogP contribution is 2.51. The standard InChI is InChI=1S/C25H30N2O6S/c1-6-32-23(28)20-21-16-8-7-9-18(30-4)22(16)33-25(20,2)27(24(34)26-21)13-12-15-10-11-17(29-3)19(14-15)31-5/h7-11,14,20-21H,6,12-13H2,1-5H3,(H,26,34)/t20-,21-,25-/m0/s1. The maximum Gasteiger partial charge on any atom is 0.317 e. The van der Waals surface area contributed by atoms with E-state index in [1.54, 1.807) is 28.3 Å². The number of carbonyl (C=O) groups excluding carboxylic acids is 1. The van der Waals surface area contributed by atoms with Crippen molar-refractivity contribution < 1.29 is 28.5 Å². The fraction of sp³-hybridized carbons (Fsp3) is 0.440. The van der Waals surface area contributed by atoms with Gasteiger partial charge in [0.25, 0.3) is 0 Å². The number of rotatable bonds is 8. The Balaban J connectivity index is 1.70. The molecule has 2 heterocycles. The van der Waals surface area contributed by atoms with Crippen molar-refractivity contribution in [2.45, 2.75) is 32.0 Å². The number of benzene rings is 2. The monoisotopic (exact) mass is 486 g/mol. The van der Waals surface area contributed by atoms with Gasteiger partial charge in [-0.15, -0.1) is 0 Å². The first-order chi connectivity index (χ1) is 16.4. The van der Waals surface area contributed by atoms with E-state index in [9.17, 15) is 4.79 Å². The third-order valence-corrected chi connectivity index (χ3v) is 6.79. The van der Waals surface area contributed by atoms with E-state index in [1.807, 2.05) is 48.2 Å². The smallest absolute Gasteiger partial charge is 0.317 e. The molecule has 9 heteroatoms. The molecule has 2 aromatic carbocycles. The Hall–Kier alpha value is -3.20. The lowest BCUT2D eigenvalue weighted by atomic mass is 9.79. The van der Waals surface area contributed by atoms with Crippen LogP contribution in [-0.4, -0.2) is 56.2 Å². The zero-order valence-electron chi connectivity index (χ0n) is 20.0. The van der Waals surface area contributed by atoms with Crippen molar-refractivity contribution in [3.63, 3.8) is 0 Å². The van der Waals surface area contributed by atoms with Crippen molar-refractivity contribution in [3.8, 4) is 23.0 Å². The second-order valence-electron chi connectivity index (χ2n) is 8.28. The van der Waals surface area contributed by atoms with E-state index in [4.69, 9.17) is 35.9 Å². The predicted octanol–water partition coefficient (Wildman–Crippen LogP) is 3.47. The van der Waals surface area contributed by atoms with Gasteiger partial charge in [-0.25, -0.2) is 0 Å². The van der Waals surface area contributed by atoms with E-state index in [0.717, 1.165) is 11.1 Å². The third kappa shape index (κ3) is 3.98. The van der Waals surface area contributed by atoms with Crippen LogP contribution in [-0.2, 0) is 16.0 Å². The molecule has 0 spiro atoms. The van der Waals surface area contributed by atoms with Gasteiger partial charge in [0.05, 0.1) is 34.0 Å². The molecule has 2 aromatic rings. The molecule has 2 aliphatic rings. The van der Waals surface area contributed by atoms with Gasteiger partial charge in [-0.05, 0) is 56.2 Å². The zero-order chi connectivity index (χ0) is 24.5. The van der Waals surface area contributed by atoms with Crippen molar-refractivity contribution in [1.29, 1.82) is 0 Å². The van der Waals surface area contributed by atoms with Gasteiger partial charge >= 0.3 is 5.97 Å². The number of thiocarbonyl (C=S) groups is 1. The Kier molecular flexibility index (Phi) is 6.74. The topological polar surface area (TPSA) is 78.5 Å². The number of hydrogen-bond acceptors (Lipinski definition) is 7. The minimum absolute atomic E-state index is 0.277. The van der Waals surface area contributed by atoms with E-state index in [-0.39, 0.29) is 12.6 Å². The van der Waals surface area contributed by atoms with Crippen LogP contribution in [0.4, 0.5) is 0 Å². The summed E-state index contributed by atoms with van der Waals surface area (Å²) in [7, 11) is 4.81. The summed E-state index contributed by atoms with van der Waals surface area (Å²) >= 11 is 5.76. The van der Waals surface area contributed by atoms with E-state index < -0.39 is 17.7 Å². The molecule has 0 radical (unpaired) electrons. The molecule has 1 N–H and O–H groups in total. The van der Waals surface area contributed by atoms with Gasteiger partial charge in [0.2, 0.25) is 0 Å². The molecule has 8 nitrogen and oxygen atoms in total. The minimum atomic E-state index is -1.07. The lowest BCUT2D eigenvalue weighted by Crippen LogP contribution is -2.71. The number of esters is 1. The Labute approximate surface area is 205 Å². The Morgan fingerprint density at radius 3 is 2.53 bits per heavy atom. The van der Waals surface area contributed by atoms with Crippen molar-refractivity contribution in [1.82, 2.24) is 10.2 Å².